The highest BCUT2D eigenvalue weighted by molar-refractivity contribution is 7.88. The van der Waals surface area contributed by atoms with E-state index in [0.717, 1.165) is 0 Å². The van der Waals surface area contributed by atoms with E-state index < -0.39 is 21.6 Å². The molecule has 0 radical (unpaired) electrons. The van der Waals surface area contributed by atoms with Crippen molar-refractivity contribution in [1.82, 2.24) is 4.31 Å². The summed E-state index contributed by atoms with van der Waals surface area (Å²) in [6.45, 7) is 2.12. The highest BCUT2D eigenvalue weighted by atomic mass is 32.2. The number of aliphatic hydroxyl groups is 1. The Morgan fingerprint density at radius 3 is 2.38 bits per heavy atom. The fourth-order valence-electron chi connectivity index (χ4n) is 2.19. The second-order valence-electron chi connectivity index (χ2n) is 5.29. The molecule has 1 aliphatic rings. The van der Waals surface area contributed by atoms with Crippen LogP contribution in [0.1, 0.15) is 29.3 Å². The number of carbonyl (C=O) groups is 1. The average Bonchev–Trinajstić information content (AvgIpc) is 2.43. The van der Waals surface area contributed by atoms with Crippen molar-refractivity contribution in [3.63, 3.8) is 0 Å². The van der Waals surface area contributed by atoms with Crippen LogP contribution in [0.5, 0.6) is 0 Å². The smallest absolute Gasteiger partial charge is 0.337 e. The Balaban J connectivity index is 2.03. The minimum Gasteiger partial charge on any atom is -0.465 e. The monoisotopic (exact) mass is 313 g/mol. The van der Waals surface area contributed by atoms with Crippen molar-refractivity contribution in [2.24, 2.45) is 0 Å². The van der Waals surface area contributed by atoms with Gasteiger partial charge in [-0.15, -0.1) is 0 Å². The number of rotatable bonds is 5. The summed E-state index contributed by atoms with van der Waals surface area (Å²) in [5.41, 5.74) is 0.0829. The first kappa shape index (κ1) is 15.9. The maximum absolute atomic E-state index is 12.2. The summed E-state index contributed by atoms with van der Waals surface area (Å²) >= 11 is 0. The lowest BCUT2D eigenvalue weighted by Gasteiger charge is -2.44. The summed E-state index contributed by atoms with van der Waals surface area (Å²) in [6, 6.07) is 6.26. The van der Waals surface area contributed by atoms with Gasteiger partial charge >= 0.3 is 5.97 Å². The van der Waals surface area contributed by atoms with Crippen molar-refractivity contribution in [2.45, 2.75) is 24.7 Å². The van der Waals surface area contributed by atoms with Gasteiger partial charge < -0.3 is 9.84 Å². The van der Waals surface area contributed by atoms with E-state index in [0.29, 0.717) is 17.5 Å². The maximum atomic E-state index is 12.2. The molecule has 116 valence electrons. The third kappa shape index (κ3) is 3.42. The third-order valence-electron chi connectivity index (χ3n) is 3.72. The molecule has 0 spiro atoms. The largest absolute Gasteiger partial charge is 0.465 e. The molecule has 1 saturated heterocycles. The van der Waals surface area contributed by atoms with Crippen LogP contribution in [0.3, 0.4) is 0 Å². The molecule has 7 heteroatoms. The van der Waals surface area contributed by atoms with Crippen LogP contribution in [0.15, 0.2) is 24.3 Å². The molecule has 6 nitrogen and oxygen atoms in total. The molecule has 1 aromatic rings. The summed E-state index contributed by atoms with van der Waals surface area (Å²) < 4.78 is 30.2. The molecule has 21 heavy (non-hydrogen) atoms. The number of β-amino-alcohol motifs (C(OH)–C–C–N with tert-alkyl or cyclic N) is 1. The van der Waals surface area contributed by atoms with Crippen LogP contribution in [-0.4, -0.2) is 49.6 Å². The highest BCUT2D eigenvalue weighted by Crippen LogP contribution is 2.28. The van der Waals surface area contributed by atoms with E-state index in [4.69, 9.17) is 0 Å². The average molecular weight is 313 g/mol. The lowest BCUT2D eigenvalue weighted by atomic mass is 9.94. The standard InChI is InChI=1S/C14H19NO5S/c1-3-14(17)9-15(10-14)21(18,19)8-11-4-6-12(7-5-11)13(16)20-2/h4-7,17H,3,8-10H2,1-2H3. The molecule has 0 aromatic heterocycles. The molecular weight excluding hydrogens is 294 g/mol. The van der Waals surface area contributed by atoms with Gasteiger partial charge in [0.15, 0.2) is 0 Å². The Kier molecular flexibility index (Phi) is 4.36. The summed E-state index contributed by atoms with van der Waals surface area (Å²) in [6.07, 6.45) is 0.535. The first-order chi connectivity index (χ1) is 9.79. The molecule has 0 aliphatic carbocycles. The number of nitrogens with zero attached hydrogens (tertiary/aromatic N) is 1. The zero-order chi connectivity index (χ0) is 15.7. The molecule has 2 rings (SSSR count). The molecule has 1 aromatic carbocycles. The van der Waals surface area contributed by atoms with E-state index >= 15 is 0 Å². The number of carbonyl (C=O) groups excluding carboxylic acids is 1. The zero-order valence-corrected chi connectivity index (χ0v) is 12.9. The molecule has 0 amide bonds. The van der Waals surface area contributed by atoms with Gasteiger partial charge in [0, 0.05) is 13.1 Å². The van der Waals surface area contributed by atoms with Crippen LogP contribution in [-0.2, 0) is 20.5 Å². The van der Waals surface area contributed by atoms with E-state index in [1.807, 2.05) is 6.92 Å². The quantitative estimate of drug-likeness (QED) is 0.811. The Labute approximate surface area is 124 Å². The van der Waals surface area contributed by atoms with Crippen molar-refractivity contribution in [2.75, 3.05) is 20.2 Å². The van der Waals surface area contributed by atoms with Crippen molar-refractivity contribution in [3.05, 3.63) is 35.4 Å². The van der Waals surface area contributed by atoms with Gasteiger partial charge in [-0.2, -0.15) is 4.31 Å². The topological polar surface area (TPSA) is 83.9 Å². The van der Waals surface area contributed by atoms with Crippen molar-refractivity contribution in [3.8, 4) is 0 Å². The van der Waals surface area contributed by atoms with E-state index in [1.165, 1.54) is 23.5 Å². The summed E-state index contributed by atoms with van der Waals surface area (Å²) in [7, 11) is -2.15. The second-order valence-corrected chi connectivity index (χ2v) is 7.26. The number of methoxy groups -OCH3 is 1. The fourth-order valence-corrected chi connectivity index (χ4v) is 3.86. The fraction of sp³-hybridized carbons (Fsp3) is 0.500. The predicted octanol–water partition coefficient (Wildman–Crippen LogP) is 0.760. The van der Waals surface area contributed by atoms with Crippen molar-refractivity contribution in [1.29, 1.82) is 0 Å². The van der Waals surface area contributed by atoms with Crippen LogP contribution in [0, 0.1) is 0 Å². The van der Waals surface area contributed by atoms with Crippen LogP contribution in [0.2, 0.25) is 0 Å². The second kappa shape index (κ2) is 5.75. The van der Waals surface area contributed by atoms with Gasteiger partial charge in [0.05, 0.1) is 24.0 Å². The molecule has 1 aliphatic heterocycles. The Bertz CT molecular complexity index is 617. The molecule has 1 N–H and O–H groups in total. The van der Waals surface area contributed by atoms with Crippen LogP contribution < -0.4 is 0 Å². The first-order valence-corrected chi connectivity index (χ1v) is 8.28. The lowest BCUT2D eigenvalue weighted by molar-refractivity contribution is -0.0614. The van der Waals surface area contributed by atoms with Gasteiger partial charge in [-0.25, -0.2) is 13.2 Å². The number of ether oxygens (including phenoxy) is 1. The lowest BCUT2D eigenvalue weighted by Crippen LogP contribution is -2.63. The van der Waals surface area contributed by atoms with E-state index in [2.05, 4.69) is 4.74 Å². The predicted molar refractivity (Wildman–Crippen MR) is 77.2 cm³/mol. The zero-order valence-electron chi connectivity index (χ0n) is 12.1. The molecule has 0 unspecified atom stereocenters. The van der Waals surface area contributed by atoms with Crippen LogP contribution in [0.25, 0.3) is 0 Å². The SMILES string of the molecule is CCC1(O)CN(S(=O)(=O)Cc2ccc(C(=O)OC)cc2)C1. The van der Waals surface area contributed by atoms with E-state index in [9.17, 15) is 18.3 Å². The van der Waals surface area contributed by atoms with E-state index in [-0.39, 0.29) is 18.8 Å². The minimum atomic E-state index is -3.44. The number of esters is 1. The van der Waals surface area contributed by atoms with E-state index in [1.54, 1.807) is 12.1 Å². The molecule has 0 saturated carbocycles. The van der Waals surface area contributed by atoms with Gasteiger partial charge in [-0.05, 0) is 24.1 Å². The molecule has 1 fully saturated rings. The van der Waals surface area contributed by atoms with Gasteiger partial charge in [-0.3, -0.25) is 0 Å². The maximum Gasteiger partial charge on any atom is 0.337 e. The number of hydrogen-bond donors (Lipinski definition) is 1. The molecule has 0 bridgehead atoms. The van der Waals surface area contributed by atoms with Crippen LogP contribution in [0.4, 0.5) is 0 Å². The number of hydrogen-bond acceptors (Lipinski definition) is 5. The Morgan fingerprint density at radius 1 is 1.33 bits per heavy atom. The first-order valence-electron chi connectivity index (χ1n) is 6.67. The molecule has 0 atom stereocenters. The van der Waals surface area contributed by atoms with Gasteiger partial charge in [0.25, 0.3) is 0 Å². The Hall–Kier alpha value is -1.44. The Morgan fingerprint density at radius 2 is 1.90 bits per heavy atom. The normalized spacial score (nSPS) is 18.0. The highest BCUT2D eigenvalue weighted by Gasteiger charge is 2.45. The third-order valence-corrected chi connectivity index (χ3v) is 5.46. The van der Waals surface area contributed by atoms with Gasteiger partial charge in [0.1, 0.15) is 0 Å². The van der Waals surface area contributed by atoms with Crippen molar-refractivity contribution < 1.29 is 23.1 Å². The summed E-state index contributed by atoms with van der Waals surface area (Å²) in [4.78, 5) is 11.3. The number of sulfonamides is 1. The van der Waals surface area contributed by atoms with Gasteiger partial charge in [-0.1, -0.05) is 19.1 Å². The molecule has 1 heterocycles. The summed E-state index contributed by atoms with van der Waals surface area (Å²) in [5.74, 6) is -0.603. The number of benzene rings is 1. The van der Waals surface area contributed by atoms with Gasteiger partial charge in [0.2, 0.25) is 10.0 Å². The minimum absolute atomic E-state index is 0.145. The van der Waals surface area contributed by atoms with Crippen LogP contribution >= 0.6 is 0 Å². The van der Waals surface area contributed by atoms with Crippen molar-refractivity contribution >= 4 is 16.0 Å². The molecular formula is C14H19NO5S. The summed E-state index contributed by atoms with van der Waals surface area (Å²) in [5, 5.41) is 9.89.